The van der Waals surface area contributed by atoms with Gasteiger partial charge in [0.1, 0.15) is 0 Å². The minimum absolute atomic E-state index is 0.336. The summed E-state index contributed by atoms with van der Waals surface area (Å²) in [5.41, 5.74) is -0.336. The van der Waals surface area contributed by atoms with Gasteiger partial charge in [-0.15, -0.1) is 0 Å². The van der Waals surface area contributed by atoms with Gasteiger partial charge in [-0.3, -0.25) is 5.32 Å². The predicted molar refractivity (Wildman–Crippen MR) is 50.2 cm³/mol. The largest absolute Gasteiger partial charge is 0.401 e. The number of aliphatic hydroxyl groups is 1. The minimum atomic E-state index is -4.49. The Bertz CT molecular complexity index is 379. The Morgan fingerprint density at radius 3 is 2.41 bits per heavy atom. The summed E-state index contributed by atoms with van der Waals surface area (Å²) in [4.78, 5) is 0. The highest BCUT2D eigenvalue weighted by molar-refractivity contribution is 5.22. The van der Waals surface area contributed by atoms with Crippen LogP contribution in [0.1, 0.15) is 11.6 Å². The first-order valence-corrected chi connectivity index (χ1v) is 4.70. The first-order valence-electron chi connectivity index (χ1n) is 4.70. The van der Waals surface area contributed by atoms with Gasteiger partial charge >= 0.3 is 6.18 Å². The Morgan fingerprint density at radius 2 is 1.88 bits per heavy atom. The molecule has 1 aromatic rings. The van der Waals surface area contributed by atoms with Crippen molar-refractivity contribution in [2.24, 2.45) is 0 Å². The molecule has 0 fully saturated rings. The van der Waals surface area contributed by atoms with Crippen LogP contribution in [0, 0.1) is 11.6 Å². The van der Waals surface area contributed by atoms with Crippen molar-refractivity contribution in [3.63, 3.8) is 0 Å². The van der Waals surface area contributed by atoms with Crippen LogP contribution < -0.4 is 5.32 Å². The van der Waals surface area contributed by atoms with E-state index in [4.69, 9.17) is 5.11 Å². The molecule has 0 heterocycles. The summed E-state index contributed by atoms with van der Waals surface area (Å²) >= 11 is 0. The fourth-order valence-corrected chi connectivity index (χ4v) is 1.30. The van der Waals surface area contributed by atoms with Gasteiger partial charge in [0.25, 0.3) is 0 Å². The van der Waals surface area contributed by atoms with E-state index in [-0.39, 0.29) is 5.56 Å². The molecule has 1 rings (SSSR count). The highest BCUT2D eigenvalue weighted by Crippen LogP contribution is 2.21. The van der Waals surface area contributed by atoms with Gasteiger partial charge in [-0.05, 0) is 6.07 Å². The van der Waals surface area contributed by atoms with Gasteiger partial charge in [0.2, 0.25) is 0 Å². The average molecular weight is 255 g/mol. The molecule has 1 unspecified atom stereocenters. The van der Waals surface area contributed by atoms with Gasteiger partial charge in [0.05, 0.1) is 19.2 Å². The van der Waals surface area contributed by atoms with Crippen LogP contribution in [0.25, 0.3) is 0 Å². The van der Waals surface area contributed by atoms with E-state index in [0.29, 0.717) is 0 Å². The standard InChI is InChI=1S/C10H10F5NO/c11-7-3-1-2-6(9(7)12)8(4-17)16-5-10(13,14)15/h1-3,8,16-17H,4-5H2. The van der Waals surface area contributed by atoms with Crippen LogP contribution >= 0.6 is 0 Å². The van der Waals surface area contributed by atoms with Gasteiger partial charge in [-0.2, -0.15) is 13.2 Å². The van der Waals surface area contributed by atoms with Crippen LogP contribution in [0.4, 0.5) is 22.0 Å². The molecule has 0 saturated heterocycles. The molecule has 1 aromatic carbocycles. The lowest BCUT2D eigenvalue weighted by molar-refractivity contribution is -0.126. The van der Waals surface area contributed by atoms with Crippen molar-refractivity contribution >= 4 is 0 Å². The Balaban J connectivity index is 2.83. The fourth-order valence-electron chi connectivity index (χ4n) is 1.30. The summed E-state index contributed by atoms with van der Waals surface area (Å²) in [5, 5.41) is 10.8. The quantitative estimate of drug-likeness (QED) is 0.808. The molecule has 0 spiro atoms. The number of hydrogen-bond acceptors (Lipinski definition) is 2. The van der Waals surface area contributed by atoms with Crippen LogP contribution in [0.5, 0.6) is 0 Å². The lowest BCUT2D eigenvalue weighted by Crippen LogP contribution is -2.34. The highest BCUT2D eigenvalue weighted by Gasteiger charge is 2.29. The molecule has 0 aliphatic rings. The van der Waals surface area contributed by atoms with E-state index < -0.39 is 37.0 Å². The number of rotatable bonds is 4. The minimum Gasteiger partial charge on any atom is -0.394 e. The molecular weight excluding hydrogens is 245 g/mol. The molecule has 2 nitrogen and oxygen atoms in total. The number of aliphatic hydroxyl groups excluding tert-OH is 1. The van der Waals surface area contributed by atoms with Gasteiger partial charge in [0.15, 0.2) is 11.6 Å². The third-order valence-electron chi connectivity index (χ3n) is 2.09. The van der Waals surface area contributed by atoms with Crippen molar-refractivity contribution < 1.29 is 27.1 Å². The molecule has 0 aromatic heterocycles. The lowest BCUT2D eigenvalue weighted by Gasteiger charge is -2.18. The van der Waals surface area contributed by atoms with Crippen molar-refractivity contribution in [3.05, 3.63) is 35.4 Å². The summed E-state index contributed by atoms with van der Waals surface area (Å²) < 4.78 is 61.9. The maximum atomic E-state index is 13.3. The monoisotopic (exact) mass is 255 g/mol. The maximum Gasteiger partial charge on any atom is 0.401 e. The van der Waals surface area contributed by atoms with Crippen LogP contribution in [0.2, 0.25) is 0 Å². The van der Waals surface area contributed by atoms with Crippen molar-refractivity contribution in [2.75, 3.05) is 13.2 Å². The number of benzene rings is 1. The average Bonchev–Trinajstić information content (AvgIpc) is 2.23. The smallest absolute Gasteiger partial charge is 0.394 e. The Morgan fingerprint density at radius 1 is 1.24 bits per heavy atom. The van der Waals surface area contributed by atoms with E-state index in [9.17, 15) is 22.0 Å². The maximum absolute atomic E-state index is 13.3. The summed E-state index contributed by atoms with van der Waals surface area (Å²) in [5.74, 6) is -2.43. The number of alkyl halides is 3. The molecule has 1 atom stereocenters. The topological polar surface area (TPSA) is 32.3 Å². The van der Waals surface area contributed by atoms with Crippen molar-refractivity contribution in [3.8, 4) is 0 Å². The third-order valence-corrected chi connectivity index (χ3v) is 2.09. The first-order chi connectivity index (χ1) is 7.85. The van der Waals surface area contributed by atoms with E-state index in [1.54, 1.807) is 0 Å². The molecule has 0 aliphatic heterocycles. The van der Waals surface area contributed by atoms with E-state index in [2.05, 4.69) is 0 Å². The van der Waals surface area contributed by atoms with E-state index in [0.717, 1.165) is 18.2 Å². The Kier molecular flexibility index (Phi) is 4.41. The van der Waals surface area contributed by atoms with Gasteiger partial charge in [-0.25, -0.2) is 8.78 Å². The molecular formula is C10H10F5NO. The second-order valence-electron chi connectivity index (χ2n) is 3.37. The van der Waals surface area contributed by atoms with Crippen LogP contribution in [0.3, 0.4) is 0 Å². The van der Waals surface area contributed by atoms with E-state index >= 15 is 0 Å². The molecule has 0 saturated carbocycles. The lowest BCUT2D eigenvalue weighted by atomic mass is 10.1. The fraction of sp³-hybridized carbons (Fsp3) is 0.400. The molecule has 0 aliphatic carbocycles. The molecule has 0 amide bonds. The van der Waals surface area contributed by atoms with Crippen molar-refractivity contribution in [1.29, 1.82) is 0 Å². The zero-order valence-electron chi connectivity index (χ0n) is 8.56. The van der Waals surface area contributed by atoms with Crippen molar-refractivity contribution in [1.82, 2.24) is 5.32 Å². The molecule has 96 valence electrons. The predicted octanol–water partition coefficient (Wildman–Crippen LogP) is 2.15. The zero-order valence-corrected chi connectivity index (χ0v) is 8.56. The normalized spacial score (nSPS) is 13.8. The van der Waals surface area contributed by atoms with E-state index in [1.165, 1.54) is 0 Å². The van der Waals surface area contributed by atoms with Crippen LogP contribution in [-0.2, 0) is 0 Å². The Labute approximate surface area is 94.1 Å². The van der Waals surface area contributed by atoms with Gasteiger partial charge < -0.3 is 5.11 Å². The zero-order chi connectivity index (χ0) is 13.1. The molecule has 0 radical (unpaired) electrons. The first kappa shape index (κ1) is 13.9. The van der Waals surface area contributed by atoms with Crippen molar-refractivity contribution in [2.45, 2.75) is 12.2 Å². The number of hydrogen-bond donors (Lipinski definition) is 2. The molecule has 2 N–H and O–H groups in total. The molecule has 17 heavy (non-hydrogen) atoms. The second kappa shape index (κ2) is 5.42. The number of halogens is 5. The highest BCUT2D eigenvalue weighted by atomic mass is 19.4. The SMILES string of the molecule is OCC(NCC(F)(F)F)c1cccc(F)c1F. The van der Waals surface area contributed by atoms with Crippen LogP contribution in [-0.4, -0.2) is 24.4 Å². The summed E-state index contributed by atoms with van der Waals surface area (Å²) in [6, 6.07) is 1.82. The Hall–Kier alpha value is -1.21. The van der Waals surface area contributed by atoms with Gasteiger partial charge in [0, 0.05) is 5.56 Å². The molecule has 0 bridgehead atoms. The number of nitrogens with one attached hydrogen (secondary N) is 1. The van der Waals surface area contributed by atoms with E-state index in [1.807, 2.05) is 5.32 Å². The second-order valence-corrected chi connectivity index (χ2v) is 3.37. The van der Waals surface area contributed by atoms with Crippen LogP contribution in [0.15, 0.2) is 18.2 Å². The molecule has 7 heteroatoms. The third kappa shape index (κ3) is 3.94. The van der Waals surface area contributed by atoms with Gasteiger partial charge in [-0.1, -0.05) is 12.1 Å². The summed E-state index contributed by atoms with van der Waals surface area (Å²) in [7, 11) is 0. The summed E-state index contributed by atoms with van der Waals surface area (Å²) in [6.45, 7) is -2.16. The summed E-state index contributed by atoms with van der Waals surface area (Å²) in [6.07, 6.45) is -4.49.